The summed E-state index contributed by atoms with van der Waals surface area (Å²) in [4.78, 5) is 15.3. The van der Waals surface area contributed by atoms with Gasteiger partial charge >= 0.3 is 5.97 Å². The van der Waals surface area contributed by atoms with Crippen LogP contribution >= 0.6 is 0 Å². The summed E-state index contributed by atoms with van der Waals surface area (Å²) in [6, 6.07) is -0.722. The van der Waals surface area contributed by atoms with Gasteiger partial charge in [-0.05, 0) is 82.1 Å². The second kappa shape index (κ2) is 12.4. The first kappa shape index (κ1) is 24.8. The topological polar surface area (TPSA) is 75.7 Å². The Hall–Kier alpha value is -2.20. The van der Waals surface area contributed by atoms with Gasteiger partial charge in [0, 0.05) is 6.21 Å². The van der Waals surface area contributed by atoms with E-state index in [1.807, 2.05) is 25.2 Å². The Bertz CT molecular complexity index is 734. The number of aliphatic imine (C=N–C) groups is 1. The molecular weight excluding hydrogens is 360 g/mol. The number of nitrogens with two attached hydrogens (primary N) is 1. The molecule has 0 heterocycles. The Morgan fingerprint density at radius 2 is 1.93 bits per heavy atom. The van der Waals surface area contributed by atoms with Crippen LogP contribution in [0.25, 0.3) is 0 Å². The second-order valence-corrected chi connectivity index (χ2v) is 8.53. The Morgan fingerprint density at radius 1 is 1.24 bits per heavy atom. The molecule has 160 valence electrons. The van der Waals surface area contributed by atoms with E-state index in [4.69, 9.17) is 10.8 Å². The minimum atomic E-state index is -0.909. The van der Waals surface area contributed by atoms with Crippen molar-refractivity contribution in [2.75, 3.05) is 6.54 Å². The van der Waals surface area contributed by atoms with E-state index >= 15 is 0 Å². The van der Waals surface area contributed by atoms with Crippen LogP contribution in [-0.2, 0) is 4.79 Å². The highest BCUT2D eigenvalue weighted by molar-refractivity contribution is 5.79. The molecule has 1 aliphatic carbocycles. The molecule has 4 nitrogen and oxygen atoms in total. The summed E-state index contributed by atoms with van der Waals surface area (Å²) in [5, 5.41) is 9.15. The SMILES string of the molecule is CC1=C(/C=C/C(C)=C/C=C/C(C)=C/C=NC(CCCN)C(=O)O)C(C)(C)CCC1. The molecule has 0 fully saturated rings. The lowest BCUT2D eigenvalue weighted by atomic mass is 9.72. The van der Waals surface area contributed by atoms with Gasteiger partial charge in [-0.1, -0.05) is 55.4 Å². The third-order valence-electron chi connectivity index (χ3n) is 5.34. The fraction of sp³-hybridized carbons (Fsp3) is 0.520. The standard InChI is InChI=1S/C25H38N2O2/c1-19(13-14-22-21(3)11-7-16-25(22,4)5)9-6-10-20(2)15-18-27-23(24(28)29)12-8-17-26/h6,9-10,13-15,18,23H,7-8,11-12,16-17,26H2,1-5H3,(H,28,29)/b10-6+,14-13+,19-9+,20-15+,27-18?. The van der Waals surface area contributed by atoms with E-state index in [0.717, 1.165) is 5.57 Å². The van der Waals surface area contributed by atoms with E-state index in [9.17, 15) is 4.79 Å². The third-order valence-corrected chi connectivity index (χ3v) is 5.34. The van der Waals surface area contributed by atoms with Crippen molar-refractivity contribution in [3.05, 3.63) is 58.7 Å². The van der Waals surface area contributed by atoms with Gasteiger partial charge in [0.05, 0.1) is 0 Å². The molecule has 1 unspecified atom stereocenters. The van der Waals surface area contributed by atoms with Crippen LogP contribution in [-0.4, -0.2) is 29.9 Å². The van der Waals surface area contributed by atoms with Gasteiger partial charge < -0.3 is 10.8 Å². The van der Waals surface area contributed by atoms with Crippen molar-refractivity contribution in [2.45, 2.75) is 72.8 Å². The lowest BCUT2D eigenvalue weighted by molar-refractivity contribution is -0.138. The maximum Gasteiger partial charge on any atom is 0.328 e. The van der Waals surface area contributed by atoms with Crippen molar-refractivity contribution in [3.8, 4) is 0 Å². The second-order valence-electron chi connectivity index (χ2n) is 8.53. The monoisotopic (exact) mass is 398 g/mol. The van der Waals surface area contributed by atoms with E-state index in [-0.39, 0.29) is 5.41 Å². The summed E-state index contributed by atoms with van der Waals surface area (Å²) >= 11 is 0. The molecule has 0 radical (unpaired) electrons. The van der Waals surface area contributed by atoms with Crippen LogP contribution in [0, 0.1) is 5.41 Å². The van der Waals surface area contributed by atoms with Gasteiger partial charge in [-0.2, -0.15) is 0 Å². The fourth-order valence-corrected chi connectivity index (χ4v) is 3.53. The summed E-state index contributed by atoms with van der Waals surface area (Å²) in [7, 11) is 0. The van der Waals surface area contributed by atoms with Crippen LogP contribution in [0.3, 0.4) is 0 Å². The van der Waals surface area contributed by atoms with Gasteiger partial charge in [-0.15, -0.1) is 0 Å². The molecule has 0 aliphatic heterocycles. The van der Waals surface area contributed by atoms with E-state index in [0.29, 0.717) is 19.4 Å². The van der Waals surface area contributed by atoms with Crippen LogP contribution in [0.15, 0.2) is 63.7 Å². The lowest BCUT2D eigenvalue weighted by Crippen LogP contribution is -2.19. The smallest absolute Gasteiger partial charge is 0.328 e. The fourth-order valence-electron chi connectivity index (χ4n) is 3.53. The van der Waals surface area contributed by atoms with Crippen molar-refractivity contribution in [2.24, 2.45) is 16.1 Å². The van der Waals surface area contributed by atoms with E-state index in [1.165, 1.54) is 36.0 Å². The number of rotatable bonds is 10. The van der Waals surface area contributed by atoms with E-state index in [1.54, 1.807) is 6.21 Å². The van der Waals surface area contributed by atoms with E-state index in [2.05, 4.69) is 50.9 Å². The molecule has 0 aromatic carbocycles. The first-order chi connectivity index (χ1) is 13.7. The zero-order chi connectivity index (χ0) is 21.9. The highest BCUT2D eigenvalue weighted by Gasteiger charge is 2.26. The molecule has 1 aliphatic rings. The predicted octanol–water partition coefficient (Wildman–Crippen LogP) is 5.78. The molecule has 0 saturated carbocycles. The summed E-state index contributed by atoms with van der Waals surface area (Å²) < 4.78 is 0. The Kier molecular flexibility index (Phi) is 10.6. The van der Waals surface area contributed by atoms with Crippen LogP contribution in [0.4, 0.5) is 0 Å². The Labute approximate surface area is 176 Å². The molecule has 1 atom stereocenters. The number of aliphatic carboxylic acids is 1. The number of allylic oxidation sites excluding steroid dienone is 10. The highest BCUT2D eigenvalue weighted by atomic mass is 16.4. The molecule has 0 aromatic heterocycles. The van der Waals surface area contributed by atoms with E-state index < -0.39 is 12.0 Å². The number of nitrogens with zero attached hydrogens (tertiary/aromatic N) is 1. The Balaban J connectivity index is 2.69. The number of hydrogen-bond acceptors (Lipinski definition) is 3. The van der Waals surface area contributed by atoms with Crippen LogP contribution in [0.1, 0.15) is 66.7 Å². The largest absolute Gasteiger partial charge is 0.480 e. The van der Waals surface area contributed by atoms with Gasteiger partial charge in [0.1, 0.15) is 6.04 Å². The van der Waals surface area contributed by atoms with Crippen molar-refractivity contribution in [1.82, 2.24) is 0 Å². The average Bonchev–Trinajstić information content (AvgIpc) is 2.63. The van der Waals surface area contributed by atoms with Gasteiger partial charge in [0.25, 0.3) is 0 Å². The summed E-state index contributed by atoms with van der Waals surface area (Å²) in [5.41, 5.74) is 10.9. The number of carboxylic acids is 1. The minimum Gasteiger partial charge on any atom is -0.480 e. The molecular formula is C25H38N2O2. The predicted molar refractivity (Wildman–Crippen MR) is 124 cm³/mol. The molecule has 0 amide bonds. The zero-order valence-corrected chi connectivity index (χ0v) is 18.7. The van der Waals surface area contributed by atoms with Crippen molar-refractivity contribution in [3.63, 3.8) is 0 Å². The molecule has 1 rings (SSSR count). The number of carboxylic acid groups (broad SMARTS) is 1. The van der Waals surface area contributed by atoms with Crippen LogP contribution in [0.2, 0.25) is 0 Å². The molecule has 0 bridgehead atoms. The van der Waals surface area contributed by atoms with Gasteiger partial charge in [0.2, 0.25) is 0 Å². The molecule has 0 saturated heterocycles. The quantitative estimate of drug-likeness (QED) is 0.362. The maximum absolute atomic E-state index is 11.2. The molecule has 0 aromatic rings. The maximum atomic E-state index is 11.2. The summed E-state index contributed by atoms with van der Waals surface area (Å²) in [5.74, 6) is -0.909. The van der Waals surface area contributed by atoms with Crippen molar-refractivity contribution >= 4 is 12.2 Å². The Morgan fingerprint density at radius 3 is 2.55 bits per heavy atom. The first-order valence-corrected chi connectivity index (χ1v) is 10.5. The zero-order valence-electron chi connectivity index (χ0n) is 18.7. The van der Waals surface area contributed by atoms with Gasteiger partial charge in [0.15, 0.2) is 0 Å². The van der Waals surface area contributed by atoms with Crippen LogP contribution < -0.4 is 5.73 Å². The number of carbonyl (C=O) groups is 1. The first-order valence-electron chi connectivity index (χ1n) is 10.5. The normalized spacial score (nSPS) is 19.7. The lowest BCUT2D eigenvalue weighted by Gasteiger charge is -2.32. The van der Waals surface area contributed by atoms with Crippen molar-refractivity contribution < 1.29 is 9.90 Å². The number of hydrogen-bond donors (Lipinski definition) is 2. The highest BCUT2D eigenvalue weighted by Crippen LogP contribution is 2.40. The molecule has 0 spiro atoms. The summed E-state index contributed by atoms with van der Waals surface area (Å²) in [6.45, 7) is 11.5. The van der Waals surface area contributed by atoms with Crippen molar-refractivity contribution in [1.29, 1.82) is 0 Å². The van der Waals surface area contributed by atoms with Gasteiger partial charge in [-0.25, -0.2) is 4.79 Å². The molecule has 3 N–H and O–H groups in total. The molecule has 29 heavy (non-hydrogen) atoms. The minimum absolute atomic E-state index is 0.256. The molecule has 4 heteroatoms. The van der Waals surface area contributed by atoms with Crippen LogP contribution in [0.5, 0.6) is 0 Å². The average molecular weight is 399 g/mol. The third kappa shape index (κ3) is 9.23. The van der Waals surface area contributed by atoms with Gasteiger partial charge in [-0.3, -0.25) is 4.99 Å². The summed E-state index contributed by atoms with van der Waals surface area (Å²) in [6.07, 6.45) is 18.8.